The van der Waals surface area contributed by atoms with Crippen LogP contribution in [0.25, 0.3) is 5.69 Å². The normalized spacial score (nSPS) is 12.7. The molecule has 1 aromatic carbocycles. The number of anilines is 1. The Labute approximate surface area is 127 Å². The van der Waals surface area contributed by atoms with Gasteiger partial charge in [0, 0.05) is 11.3 Å². The maximum atomic E-state index is 11.3. The number of hydrogen-bond acceptors (Lipinski definition) is 5. The van der Waals surface area contributed by atoms with Crippen molar-refractivity contribution in [3.05, 3.63) is 46.8 Å². The molecule has 3 rings (SSSR count). The standard InChI is InChI=1S/C16H15N3O3/c1-21-15(20)6-10-2-4-11(5-3-10)19-13(7-17)16(18)12-8-22-9-14(12)19/h2-5H,6,8-9,18H2,1H3. The van der Waals surface area contributed by atoms with Crippen LogP contribution < -0.4 is 5.73 Å². The highest BCUT2D eigenvalue weighted by Crippen LogP contribution is 2.33. The minimum Gasteiger partial charge on any atom is -0.469 e. The van der Waals surface area contributed by atoms with Crippen LogP contribution >= 0.6 is 0 Å². The monoisotopic (exact) mass is 297 g/mol. The summed E-state index contributed by atoms with van der Waals surface area (Å²) in [5.41, 5.74) is 10.4. The van der Waals surface area contributed by atoms with Gasteiger partial charge in [0.25, 0.3) is 0 Å². The molecule has 112 valence electrons. The highest BCUT2D eigenvalue weighted by molar-refractivity contribution is 5.72. The third kappa shape index (κ3) is 2.22. The SMILES string of the molecule is COC(=O)Cc1ccc(-n2c(C#N)c(N)c3c2COC3)cc1. The van der Waals surface area contributed by atoms with Gasteiger partial charge in [-0.2, -0.15) is 5.26 Å². The smallest absolute Gasteiger partial charge is 0.309 e. The highest BCUT2D eigenvalue weighted by Gasteiger charge is 2.26. The average Bonchev–Trinajstić information content (AvgIpc) is 3.10. The minimum absolute atomic E-state index is 0.219. The summed E-state index contributed by atoms with van der Waals surface area (Å²) >= 11 is 0. The van der Waals surface area contributed by atoms with Gasteiger partial charge >= 0.3 is 5.97 Å². The number of esters is 1. The van der Waals surface area contributed by atoms with Crippen molar-refractivity contribution in [1.82, 2.24) is 4.57 Å². The molecule has 1 aromatic heterocycles. The topological polar surface area (TPSA) is 90.3 Å². The minimum atomic E-state index is -0.287. The summed E-state index contributed by atoms with van der Waals surface area (Å²) in [6, 6.07) is 9.55. The van der Waals surface area contributed by atoms with Crippen LogP contribution in [0.15, 0.2) is 24.3 Å². The van der Waals surface area contributed by atoms with Gasteiger partial charge < -0.3 is 19.8 Å². The quantitative estimate of drug-likeness (QED) is 0.870. The highest BCUT2D eigenvalue weighted by atomic mass is 16.5. The van der Waals surface area contributed by atoms with E-state index in [-0.39, 0.29) is 12.4 Å². The number of carbonyl (C=O) groups excluding carboxylic acids is 1. The fraction of sp³-hybridized carbons (Fsp3) is 0.250. The first-order valence-corrected chi connectivity index (χ1v) is 6.81. The van der Waals surface area contributed by atoms with Gasteiger partial charge in [0.05, 0.1) is 38.1 Å². The Kier molecular flexibility index (Phi) is 3.57. The van der Waals surface area contributed by atoms with E-state index in [1.54, 1.807) is 0 Å². The first-order valence-electron chi connectivity index (χ1n) is 6.81. The van der Waals surface area contributed by atoms with Gasteiger partial charge in [-0.25, -0.2) is 0 Å². The Bertz CT molecular complexity index is 769. The van der Waals surface area contributed by atoms with Gasteiger partial charge in [-0.1, -0.05) is 12.1 Å². The number of hydrogen-bond donors (Lipinski definition) is 1. The van der Waals surface area contributed by atoms with E-state index in [0.717, 1.165) is 22.5 Å². The number of nitrogens with zero attached hydrogens (tertiary/aromatic N) is 2. The van der Waals surface area contributed by atoms with Crippen LogP contribution in [-0.4, -0.2) is 17.6 Å². The summed E-state index contributed by atoms with van der Waals surface area (Å²) in [5, 5.41) is 9.37. The van der Waals surface area contributed by atoms with Gasteiger partial charge in [-0.05, 0) is 17.7 Å². The summed E-state index contributed by atoms with van der Waals surface area (Å²) in [5.74, 6) is -0.287. The molecule has 0 fully saturated rings. The lowest BCUT2D eigenvalue weighted by Crippen LogP contribution is -2.06. The van der Waals surface area contributed by atoms with E-state index in [9.17, 15) is 10.1 Å². The first-order chi connectivity index (χ1) is 10.7. The molecule has 2 aromatic rings. The van der Waals surface area contributed by atoms with Crippen LogP contribution in [0.1, 0.15) is 22.5 Å². The predicted molar refractivity (Wildman–Crippen MR) is 79.1 cm³/mol. The summed E-state index contributed by atoms with van der Waals surface area (Å²) in [7, 11) is 1.36. The van der Waals surface area contributed by atoms with Gasteiger partial charge in [-0.15, -0.1) is 0 Å². The van der Waals surface area contributed by atoms with Gasteiger partial charge in [-0.3, -0.25) is 4.79 Å². The van der Waals surface area contributed by atoms with Gasteiger partial charge in [0.2, 0.25) is 0 Å². The summed E-state index contributed by atoms with van der Waals surface area (Å²) < 4.78 is 11.9. The number of nitriles is 1. The largest absolute Gasteiger partial charge is 0.469 e. The lowest BCUT2D eigenvalue weighted by atomic mass is 10.1. The molecule has 22 heavy (non-hydrogen) atoms. The van der Waals surface area contributed by atoms with Gasteiger partial charge in [0.1, 0.15) is 11.8 Å². The number of carbonyl (C=O) groups is 1. The Hall–Kier alpha value is -2.78. The van der Waals surface area contributed by atoms with Crippen LogP contribution in [0.5, 0.6) is 0 Å². The zero-order valence-corrected chi connectivity index (χ0v) is 12.1. The molecular weight excluding hydrogens is 282 g/mol. The van der Waals surface area contributed by atoms with Crippen LogP contribution in [0.4, 0.5) is 5.69 Å². The Morgan fingerprint density at radius 3 is 2.77 bits per heavy atom. The number of ether oxygens (including phenoxy) is 2. The number of nitrogens with two attached hydrogens (primary N) is 1. The molecule has 2 heterocycles. The van der Waals surface area contributed by atoms with E-state index in [1.165, 1.54) is 7.11 Å². The van der Waals surface area contributed by atoms with Crippen molar-refractivity contribution in [2.75, 3.05) is 12.8 Å². The van der Waals surface area contributed by atoms with Crippen LogP contribution in [0.3, 0.4) is 0 Å². The molecule has 0 spiro atoms. The van der Waals surface area contributed by atoms with Crippen LogP contribution in [0, 0.1) is 11.3 Å². The molecule has 0 unspecified atom stereocenters. The summed E-state index contributed by atoms with van der Waals surface area (Å²) in [4.78, 5) is 11.3. The molecule has 0 saturated carbocycles. The fourth-order valence-corrected chi connectivity index (χ4v) is 2.65. The fourth-order valence-electron chi connectivity index (χ4n) is 2.65. The van der Waals surface area contributed by atoms with Crippen molar-refractivity contribution in [2.45, 2.75) is 19.6 Å². The number of fused-ring (bicyclic) bond motifs is 1. The Morgan fingerprint density at radius 1 is 1.41 bits per heavy atom. The summed E-state index contributed by atoms with van der Waals surface area (Å²) in [6.07, 6.45) is 0.219. The maximum absolute atomic E-state index is 11.3. The molecule has 1 aliphatic rings. The van der Waals surface area contributed by atoms with E-state index < -0.39 is 0 Å². The number of rotatable bonds is 3. The molecule has 0 aliphatic carbocycles. The molecule has 6 heteroatoms. The first kappa shape index (κ1) is 14.2. The predicted octanol–water partition coefficient (Wildman–Crippen LogP) is 1.68. The second-order valence-corrected chi connectivity index (χ2v) is 5.05. The second-order valence-electron chi connectivity index (χ2n) is 5.05. The zero-order valence-electron chi connectivity index (χ0n) is 12.1. The van der Waals surface area contributed by atoms with E-state index in [2.05, 4.69) is 10.8 Å². The van der Waals surface area contributed by atoms with Crippen molar-refractivity contribution in [2.24, 2.45) is 0 Å². The van der Waals surface area contributed by atoms with E-state index in [0.29, 0.717) is 24.6 Å². The molecule has 0 radical (unpaired) electrons. The molecule has 1 aliphatic heterocycles. The molecule has 6 nitrogen and oxygen atoms in total. The van der Waals surface area contributed by atoms with E-state index >= 15 is 0 Å². The number of methoxy groups -OCH3 is 1. The number of nitrogen functional groups attached to an aromatic ring is 1. The van der Waals surface area contributed by atoms with Crippen molar-refractivity contribution in [1.29, 1.82) is 5.26 Å². The lowest BCUT2D eigenvalue weighted by molar-refractivity contribution is -0.139. The lowest BCUT2D eigenvalue weighted by Gasteiger charge is -2.10. The average molecular weight is 297 g/mol. The van der Waals surface area contributed by atoms with Crippen molar-refractivity contribution >= 4 is 11.7 Å². The second kappa shape index (κ2) is 5.54. The van der Waals surface area contributed by atoms with Crippen molar-refractivity contribution < 1.29 is 14.3 Å². The molecule has 0 saturated heterocycles. The Morgan fingerprint density at radius 2 is 2.14 bits per heavy atom. The van der Waals surface area contributed by atoms with E-state index in [4.69, 9.17) is 10.5 Å². The third-order valence-electron chi connectivity index (χ3n) is 3.78. The van der Waals surface area contributed by atoms with Crippen molar-refractivity contribution in [3.8, 4) is 11.8 Å². The van der Waals surface area contributed by atoms with Crippen molar-refractivity contribution in [3.63, 3.8) is 0 Å². The number of aromatic nitrogens is 1. The molecule has 0 bridgehead atoms. The molecule has 2 N–H and O–H groups in total. The van der Waals surface area contributed by atoms with Gasteiger partial charge in [0.15, 0.2) is 0 Å². The summed E-state index contributed by atoms with van der Waals surface area (Å²) in [6.45, 7) is 0.869. The molecular formula is C16H15N3O3. The van der Waals surface area contributed by atoms with Crippen LogP contribution in [0.2, 0.25) is 0 Å². The maximum Gasteiger partial charge on any atom is 0.309 e. The molecule has 0 amide bonds. The van der Waals surface area contributed by atoms with E-state index in [1.807, 2.05) is 28.8 Å². The van der Waals surface area contributed by atoms with Crippen LogP contribution in [-0.2, 0) is 33.9 Å². The number of benzene rings is 1. The Balaban J connectivity index is 2.00. The zero-order chi connectivity index (χ0) is 15.7. The third-order valence-corrected chi connectivity index (χ3v) is 3.78. The molecule has 0 atom stereocenters.